The van der Waals surface area contributed by atoms with Crippen LogP contribution < -0.4 is 0 Å². The Labute approximate surface area is 95.4 Å². The zero-order valence-corrected chi connectivity index (χ0v) is 11.1. The minimum absolute atomic E-state index is 0.803. The maximum Gasteiger partial charge on any atom is 0.0225 e. The maximum atomic E-state index is 5.74. The van der Waals surface area contributed by atoms with Crippen LogP contribution in [0.2, 0.25) is 0 Å². The number of hydrogen-bond donors (Lipinski definition) is 0. The largest absolute Gasteiger partial charge is 0.127 e. The van der Waals surface area contributed by atoms with Crippen molar-refractivity contribution in [3.63, 3.8) is 0 Å². The average Bonchev–Trinajstić information content (AvgIpc) is 2.14. The summed E-state index contributed by atoms with van der Waals surface area (Å²) in [4.78, 5) is 0. The quantitative estimate of drug-likeness (QED) is 0.497. The van der Waals surface area contributed by atoms with Crippen LogP contribution in [0.1, 0.15) is 59.8 Å². The second-order valence-electron chi connectivity index (χ2n) is 4.84. The lowest BCUT2D eigenvalue weighted by atomic mass is 9.86. The molecule has 14 heavy (non-hydrogen) atoms. The Bertz CT molecular complexity index is 118. The number of rotatable bonds is 8. The van der Waals surface area contributed by atoms with Gasteiger partial charge in [0.05, 0.1) is 0 Å². The fourth-order valence-electron chi connectivity index (χ4n) is 2.28. The smallest absolute Gasteiger partial charge is 0.0225 e. The molecule has 0 aliphatic carbocycles. The van der Waals surface area contributed by atoms with Gasteiger partial charge >= 0.3 is 0 Å². The lowest BCUT2D eigenvalue weighted by Crippen LogP contribution is -2.09. The highest BCUT2D eigenvalue weighted by molar-refractivity contribution is 6.17. The summed E-state index contributed by atoms with van der Waals surface area (Å²) in [6, 6.07) is 0. The molecule has 0 nitrogen and oxygen atoms in total. The first kappa shape index (κ1) is 14.3. The number of hydrogen-bond acceptors (Lipinski definition) is 0. The predicted molar refractivity (Wildman–Crippen MR) is 67.0 cm³/mol. The highest BCUT2D eigenvalue weighted by atomic mass is 35.5. The van der Waals surface area contributed by atoms with E-state index in [4.69, 9.17) is 11.6 Å². The molecule has 0 N–H and O–H groups in total. The van der Waals surface area contributed by atoms with Crippen molar-refractivity contribution in [3.8, 4) is 0 Å². The summed E-state index contributed by atoms with van der Waals surface area (Å²) in [6.45, 7) is 9.33. The summed E-state index contributed by atoms with van der Waals surface area (Å²) >= 11 is 5.74. The summed E-state index contributed by atoms with van der Waals surface area (Å²) in [5, 5.41) is 0. The first-order valence-corrected chi connectivity index (χ1v) is 6.73. The van der Waals surface area contributed by atoms with Crippen LogP contribution in [0.15, 0.2) is 0 Å². The van der Waals surface area contributed by atoms with Gasteiger partial charge in [-0.25, -0.2) is 0 Å². The van der Waals surface area contributed by atoms with Gasteiger partial charge in [0.2, 0.25) is 0 Å². The summed E-state index contributed by atoms with van der Waals surface area (Å²) in [5.74, 6) is 3.43. The highest BCUT2D eigenvalue weighted by Crippen LogP contribution is 2.24. The van der Waals surface area contributed by atoms with Gasteiger partial charge in [0, 0.05) is 5.88 Å². The van der Waals surface area contributed by atoms with Gasteiger partial charge in [-0.3, -0.25) is 0 Å². The van der Waals surface area contributed by atoms with Crippen LogP contribution in [0.3, 0.4) is 0 Å². The van der Waals surface area contributed by atoms with Crippen LogP contribution in [0.4, 0.5) is 0 Å². The first-order chi connectivity index (χ1) is 6.63. The van der Waals surface area contributed by atoms with Gasteiger partial charge in [-0.05, 0) is 37.0 Å². The molecule has 0 aromatic rings. The molecule has 86 valence electrons. The summed E-state index contributed by atoms with van der Waals surface area (Å²) in [5.41, 5.74) is 0. The van der Waals surface area contributed by atoms with Crippen molar-refractivity contribution in [1.82, 2.24) is 0 Å². The van der Waals surface area contributed by atoms with E-state index in [1.165, 1.54) is 32.1 Å². The lowest BCUT2D eigenvalue weighted by molar-refractivity contribution is 0.317. The molecule has 0 aromatic carbocycles. The molecule has 2 unspecified atom stereocenters. The normalized spacial score (nSPS) is 15.9. The van der Waals surface area contributed by atoms with Crippen LogP contribution >= 0.6 is 11.6 Å². The minimum atomic E-state index is 0.803. The summed E-state index contributed by atoms with van der Waals surface area (Å²) < 4.78 is 0. The van der Waals surface area contributed by atoms with Gasteiger partial charge in [0.15, 0.2) is 0 Å². The molecule has 0 aliphatic heterocycles. The second kappa shape index (κ2) is 8.59. The fraction of sp³-hybridized carbons (Fsp3) is 1.00. The molecule has 1 heteroatoms. The first-order valence-electron chi connectivity index (χ1n) is 6.19. The van der Waals surface area contributed by atoms with Gasteiger partial charge in [-0.1, -0.05) is 40.5 Å². The second-order valence-corrected chi connectivity index (χ2v) is 5.22. The van der Waals surface area contributed by atoms with Crippen molar-refractivity contribution in [1.29, 1.82) is 0 Å². The molecule has 0 amide bonds. The van der Waals surface area contributed by atoms with E-state index in [2.05, 4.69) is 27.7 Å². The minimum Gasteiger partial charge on any atom is -0.127 e. The van der Waals surface area contributed by atoms with Crippen molar-refractivity contribution >= 4 is 11.6 Å². The number of halogens is 1. The van der Waals surface area contributed by atoms with Crippen molar-refractivity contribution in [2.24, 2.45) is 17.8 Å². The Hall–Kier alpha value is 0.290. The Balaban J connectivity index is 3.67. The Morgan fingerprint density at radius 2 is 1.50 bits per heavy atom. The van der Waals surface area contributed by atoms with E-state index in [1.807, 2.05) is 0 Å². The highest BCUT2D eigenvalue weighted by Gasteiger charge is 2.12. The van der Waals surface area contributed by atoms with E-state index in [1.54, 1.807) is 0 Å². The van der Waals surface area contributed by atoms with Crippen LogP contribution in [0, 0.1) is 17.8 Å². The zero-order valence-electron chi connectivity index (χ0n) is 10.4. The van der Waals surface area contributed by atoms with E-state index in [0.717, 1.165) is 23.6 Å². The lowest BCUT2D eigenvalue weighted by Gasteiger charge is -2.21. The monoisotopic (exact) mass is 218 g/mol. The van der Waals surface area contributed by atoms with Gasteiger partial charge in [-0.2, -0.15) is 0 Å². The molecule has 0 saturated heterocycles. The molecule has 0 bridgehead atoms. The van der Waals surface area contributed by atoms with E-state index in [9.17, 15) is 0 Å². The van der Waals surface area contributed by atoms with Crippen LogP contribution in [0.25, 0.3) is 0 Å². The van der Waals surface area contributed by atoms with E-state index in [0.29, 0.717) is 0 Å². The number of alkyl halides is 1. The van der Waals surface area contributed by atoms with Gasteiger partial charge < -0.3 is 0 Å². The third-order valence-corrected chi connectivity index (χ3v) is 3.52. The average molecular weight is 219 g/mol. The summed E-state index contributed by atoms with van der Waals surface area (Å²) in [6.07, 6.45) is 6.60. The van der Waals surface area contributed by atoms with E-state index in [-0.39, 0.29) is 0 Å². The van der Waals surface area contributed by atoms with Gasteiger partial charge in [0.25, 0.3) is 0 Å². The predicted octanol–water partition coefficient (Wildman–Crippen LogP) is 5.10. The molecule has 0 rings (SSSR count). The molecule has 0 spiro atoms. The third kappa shape index (κ3) is 6.70. The zero-order chi connectivity index (χ0) is 11.0. The molecule has 0 aromatic heterocycles. The van der Waals surface area contributed by atoms with Crippen LogP contribution in [0.5, 0.6) is 0 Å². The Morgan fingerprint density at radius 3 is 1.93 bits per heavy atom. The van der Waals surface area contributed by atoms with Gasteiger partial charge in [-0.15, -0.1) is 11.6 Å². The van der Waals surface area contributed by atoms with Crippen LogP contribution in [-0.4, -0.2) is 5.88 Å². The third-order valence-electron chi connectivity index (χ3n) is 3.30. The van der Waals surface area contributed by atoms with Crippen LogP contribution in [-0.2, 0) is 0 Å². The van der Waals surface area contributed by atoms with Crippen molar-refractivity contribution in [2.45, 2.75) is 59.8 Å². The molecular formula is C13H27Cl. The topological polar surface area (TPSA) is 0 Å². The summed E-state index contributed by atoms with van der Waals surface area (Å²) in [7, 11) is 0. The Morgan fingerprint density at radius 1 is 0.929 bits per heavy atom. The SMILES string of the molecule is CCC(CC)CC(C)CC(C)CCCl. The standard InChI is InChI=1S/C13H27Cl/c1-5-13(6-2)10-12(4)9-11(3)7-8-14/h11-13H,5-10H2,1-4H3. The fourth-order valence-corrected chi connectivity index (χ4v) is 2.65. The van der Waals surface area contributed by atoms with Crippen molar-refractivity contribution in [2.75, 3.05) is 5.88 Å². The Kier molecular flexibility index (Phi) is 8.76. The molecule has 0 radical (unpaired) electrons. The van der Waals surface area contributed by atoms with Crippen molar-refractivity contribution < 1.29 is 0 Å². The molecule has 0 saturated carbocycles. The van der Waals surface area contributed by atoms with E-state index >= 15 is 0 Å². The van der Waals surface area contributed by atoms with E-state index < -0.39 is 0 Å². The molecular weight excluding hydrogens is 192 g/mol. The molecule has 0 heterocycles. The molecule has 0 aliphatic rings. The molecule has 2 atom stereocenters. The van der Waals surface area contributed by atoms with Gasteiger partial charge in [0.1, 0.15) is 0 Å². The maximum absolute atomic E-state index is 5.74. The molecule has 0 fully saturated rings. The van der Waals surface area contributed by atoms with Crippen molar-refractivity contribution in [3.05, 3.63) is 0 Å².